The first kappa shape index (κ1) is 18.2. The van der Waals surface area contributed by atoms with Gasteiger partial charge in [0, 0.05) is 24.3 Å². The number of aromatic nitrogens is 2. The highest BCUT2D eigenvalue weighted by Gasteiger charge is 2.20. The van der Waals surface area contributed by atoms with Crippen LogP contribution in [0.1, 0.15) is 23.2 Å². The first-order chi connectivity index (χ1) is 12.2. The second-order valence-electron chi connectivity index (χ2n) is 6.41. The molecule has 0 bridgehead atoms. The van der Waals surface area contributed by atoms with Crippen LogP contribution in [0.5, 0.6) is 0 Å². The molecule has 26 heavy (non-hydrogen) atoms. The number of nitrogens with one attached hydrogen (secondary N) is 2. The van der Waals surface area contributed by atoms with Crippen LogP contribution in [0, 0.1) is 0 Å². The maximum absolute atomic E-state index is 11.9. The lowest BCUT2D eigenvalue weighted by Crippen LogP contribution is -2.39. The predicted molar refractivity (Wildman–Crippen MR) is 106 cm³/mol. The number of piperidine rings is 1. The first-order valence-corrected chi connectivity index (χ1v) is 8.56. The summed E-state index contributed by atoms with van der Waals surface area (Å²) < 4.78 is 1.80. The SMILES string of the molecule is Cl.NC(=O)c1cnn2cc(-c3ccccc3)cc2c1N[C@H]1CCCNC1. The van der Waals surface area contributed by atoms with Gasteiger partial charge in [0.2, 0.25) is 0 Å². The summed E-state index contributed by atoms with van der Waals surface area (Å²) in [5, 5.41) is 11.3. The van der Waals surface area contributed by atoms with Crippen molar-refractivity contribution in [1.82, 2.24) is 14.9 Å². The minimum Gasteiger partial charge on any atom is -0.379 e. The fraction of sp³-hybridized carbons (Fsp3) is 0.263. The van der Waals surface area contributed by atoms with E-state index >= 15 is 0 Å². The van der Waals surface area contributed by atoms with Crippen LogP contribution in [0.4, 0.5) is 5.69 Å². The molecule has 1 fully saturated rings. The summed E-state index contributed by atoms with van der Waals surface area (Å²) in [4.78, 5) is 11.9. The minimum atomic E-state index is -0.469. The lowest BCUT2D eigenvalue weighted by molar-refractivity contribution is 0.100. The van der Waals surface area contributed by atoms with Gasteiger partial charge in [0.1, 0.15) is 0 Å². The number of benzene rings is 1. The molecule has 0 saturated carbocycles. The van der Waals surface area contributed by atoms with E-state index in [1.165, 1.54) is 0 Å². The Labute approximate surface area is 158 Å². The zero-order valence-electron chi connectivity index (χ0n) is 14.3. The van der Waals surface area contributed by atoms with E-state index in [0.29, 0.717) is 5.56 Å². The number of amides is 1. The number of rotatable bonds is 4. The lowest BCUT2D eigenvalue weighted by Gasteiger charge is -2.25. The molecular formula is C19H22ClN5O. The molecule has 1 atom stereocenters. The average molecular weight is 372 g/mol. The lowest BCUT2D eigenvalue weighted by atomic mass is 10.1. The molecule has 0 radical (unpaired) electrons. The zero-order chi connectivity index (χ0) is 17.2. The van der Waals surface area contributed by atoms with Crippen molar-refractivity contribution in [3.8, 4) is 11.1 Å². The van der Waals surface area contributed by atoms with E-state index in [0.717, 1.165) is 48.3 Å². The van der Waals surface area contributed by atoms with Crippen molar-refractivity contribution in [2.45, 2.75) is 18.9 Å². The van der Waals surface area contributed by atoms with Crippen LogP contribution in [0.2, 0.25) is 0 Å². The van der Waals surface area contributed by atoms with E-state index in [2.05, 4.69) is 27.9 Å². The maximum Gasteiger partial charge on any atom is 0.252 e. The van der Waals surface area contributed by atoms with Crippen molar-refractivity contribution in [1.29, 1.82) is 0 Å². The van der Waals surface area contributed by atoms with Crippen LogP contribution in [0.15, 0.2) is 48.8 Å². The maximum atomic E-state index is 11.9. The molecule has 0 unspecified atom stereocenters. The normalized spacial score (nSPS) is 16.8. The molecule has 1 aromatic carbocycles. The molecule has 1 amide bonds. The van der Waals surface area contributed by atoms with Crippen molar-refractivity contribution in [2.75, 3.05) is 18.4 Å². The van der Waals surface area contributed by atoms with Gasteiger partial charge in [0.25, 0.3) is 5.91 Å². The van der Waals surface area contributed by atoms with E-state index in [9.17, 15) is 4.79 Å². The zero-order valence-corrected chi connectivity index (χ0v) is 15.1. The van der Waals surface area contributed by atoms with Crippen molar-refractivity contribution in [2.24, 2.45) is 5.73 Å². The monoisotopic (exact) mass is 371 g/mol. The summed E-state index contributed by atoms with van der Waals surface area (Å²) in [6.07, 6.45) is 5.69. The molecule has 2 aromatic heterocycles. The number of nitrogens with two attached hydrogens (primary N) is 1. The Morgan fingerprint density at radius 3 is 2.77 bits per heavy atom. The van der Waals surface area contributed by atoms with Crippen LogP contribution >= 0.6 is 12.4 Å². The number of fused-ring (bicyclic) bond motifs is 1. The van der Waals surface area contributed by atoms with Gasteiger partial charge in [-0.05, 0) is 31.0 Å². The molecule has 4 rings (SSSR count). The standard InChI is InChI=1S/C19H21N5O.ClH/c20-19(25)16-11-22-24-12-14(13-5-2-1-3-6-13)9-17(24)18(16)23-15-7-4-8-21-10-15;/h1-3,5-6,9,11-12,15,21,23H,4,7-8,10H2,(H2,20,25);1H/t15-;/m0./s1. The van der Waals surface area contributed by atoms with Gasteiger partial charge in [-0.2, -0.15) is 5.10 Å². The molecule has 6 nitrogen and oxygen atoms in total. The fourth-order valence-corrected chi connectivity index (χ4v) is 3.36. The molecule has 136 valence electrons. The third kappa shape index (κ3) is 3.52. The van der Waals surface area contributed by atoms with Gasteiger partial charge < -0.3 is 16.4 Å². The van der Waals surface area contributed by atoms with Crippen LogP contribution in [0.3, 0.4) is 0 Å². The van der Waals surface area contributed by atoms with Crippen molar-refractivity contribution in [3.05, 3.63) is 54.4 Å². The molecule has 3 aromatic rings. The van der Waals surface area contributed by atoms with Crippen LogP contribution in [-0.4, -0.2) is 34.7 Å². The predicted octanol–water partition coefficient (Wildman–Crippen LogP) is 2.69. The van der Waals surface area contributed by atoms with Crippen LogP contribution in [-0.2, 0) is 0 Å². The molecule has 4 N–H and O–H groups in total. The Kier molecular flexibility index (Phi) is 5.44. The number of carbonyl (C=O) groups is 1. The van der Waals surface area contributed by atoms with Gasteiger partial charge in [0.05, 0.1) is 23.0 Å². The molecule has 3 heterocycles. The third-order valence-electron chi connectivity index (χ3n) is 4.66. The summed E-state index contributed by atoms with van der Waals surface area (Å²) in [6, 6.07) is 12.4. The van der Waals surface area contributed by atoms with Gasteiger partial charge in [-0.1, -0.05) is 30.3 Å². The van der Waals surface area contributed by atoms with Crippen molar-refractivity contribution in [3.63, 3.8) is 0 Å². The van der Waals surface area contributed by atoms with Crippen molar-refractivity contribution < 1.29 is 4.79 Å². The molecule has 0 aliphatic carbocycles. The highest BCUT2D eigenvalue weighted by Crippen LogP contribution is 2.29. The van der Waals surface area contributed by atoms with Crippen LogP contribution < -0.4 is 16.4 Å². The smallest absolute Gasteiger partial charge is 0.252 e. The highest BCUT2D eigenvalue weighted by molar-refractivity contribution is 6.02. The van der Waals surface area contributed by atoms with Gasteiger partial charge in [0.15, 0.2) is 0 Å². The summed E-state index contributed by atoms with van der Waals surface area (Å²) >= 11 is 0. The molecule has 7 heteroatoms. The van der Waals surface area contributed by atoms with E-state index in [4.69, 9.17) is 5.73 Å². The Bertz CT molecular complexity index is 903. The second kappa shape index (κ2) is 7.76. The number of nitrogens with zero attached hydrogens (tertiary/aromatic N) is 2. The molecule has 1 saturated heterocycles. The topological polar surface area (TPSA) is 84.5 Å². The number of halogens is 1. The Morgan fingerprint density at radius 2 is 2.08 bits per heavy atom. The Hall–Kier alpha value is -2.57. The van der Waals surface area contributed by atoms with E-state index < -0.39 is 5.91 Å². The minimum absolute atomic E-state index is 0. The summed E-state index contributed by atoms with van der Waals surface area (Å²) in [5.41, 5.74) is 9.80. The average Bonchev–Trinajstić information content (AvgIpc) is 3.08. The Balaban J connectivity index is 0.00000196. The summed E-state index contributed by atoms with van der Waals surface area (Å²) in [6.45, 7) is 1.91. The molecule has 1 aliphatic rings. The highest BCUT2D eigenvalue weighted by atomic mass is 35.5. The molecule has 0 spiro atoms. The first-order valence-electron chi connectivity index (χ1n) is 8.56. The van der Waals surface area contributed by atoms with Gasteiger partial charge >= 0.3 is 0 Å². The van der Waals surface area contributed by atoms with E-state index in [1.807, 2.05) is 30.5 Å². The summed E-state index contributed by atoms with van der Waals surface area (Å²) in [7, 11) is 0. The van der Waals surface area contributed by atoms with Crippen LogP contribution in [0.25, 0.3) is 16.6 Å². The number of hydrogen-bond donors (Lipinski definition) is 3. The quantitative estimate of drug-likeness (QED) is 0.658. The number of anilines is 1. The Morgan fingerprint density at radius 1 is 1.27 bits per heavy atom. The van der Waals surface area contributed by atoms with Gasteiger partial charge in [-0.15, -0.1) is 12.4 Å². The fourth-order valence-electron chi connectivity index (χ4n) is 3.36. The number of primary amides is 1. The summed E-state index contributed by atoms with van der Waals surface area (Å²) in [5.74, 6) is -0.469. The van der Waals surface area contributed by atoms with E-state index in [-0.39, 0.29) is 18.4 Å². The number of hydrogen-bond acceptors (Lipinski definition) is 4. The largest absolute Gasteiger partial charge is 0.379 e. The molecule has 1 aliphatic heterocycles. The number of carbonyl (C=O) groups excluding carboxylic acids is 1. The second-order valence-corrected chi connectivity index (χ2v) is 6.41. The van der Waals surface area contributed by atoms with Gasteiger partial charge in [-0.3, -0.25) is 4.79 Å². The third-order valence-corrected chi connectivity index (χ3v) is 4.66. The molecular weight excluding hydrogens is 350 g/mol. The van der Waals surface area contributed by atoms with Gasteiger partial charge in [-0.25, -0.2) is 4.52 Å². The van der Waals surface area contributed by atoms with Crippen molar-refractivity contribution >= 4 is 29.5 Å². The van der Waals surface area contributed by atoms with E-state index in [1.54, 1.807) is 10.7 Å².